The Morgan fingerprint density at radius 3 is 2.54 bits per heavy atom. The van der Waals surface area contributed by atoms with Gasteiger partial charge in [0.2, 0.25) is 0 Å². The van der Waals surface area contributed by atoms with Gasteiger partial charge < -0.3 is 14.9 Å². The lowest BCUT2D eigenvalue weighted by atomic mass is 10.0. The first-order valence-electron chi connectivity index (χ1n) is 9.05. The van der Waals surface area contributed by atoms with Gasteiger partial charge in [-0.25, -0.2) is 4.39 Å². The van der Waals surface area contributed by atoms with Crippen molar-refractivity contribution in [3.8, 4) is 11.5 Å². The zero-order valence-corrected chi connectivity index (χ0v) is 14.5. The summed E-state index contributed by atoms with van der Waals surface area (Å²) in [5, 5.41) is 19.6. The van der Waals surface area contributed by atoms with Crippen molar-refractivity contribution < 1.29 is 19.3 Å². The first kappa shape index (κ1) is 17.2. The lowest BCUT2D eigenvalue weighted by Crippen LogP contribution is -2.29. The highest BCUT2D eigenvalue weighted by Crippen LogP contribution is 2.40. The number of rotatable bonds is 5. The number of aromatic hydroxyl groups is 1. The molecule has 1 aromatic heterocycles. The Morgan fingerprint density at radius 1 is 1.15 bits per heavy atom. The van der Waals surface area contributed by atoms with Crippen LogP contribution in [0.15, 0.2) is 42.6 Å². The van der Waals surface area contributed by atoms with Crippen LogP contribution in [0.1, 0.15) is 24.6 Å². The number of pyridine rings is 1. The highest BCUT2D eigenvalue weighted by molar-refractivity contribution is 5.24. The largest absolute Gasteiger partial charge is 0.506 e. The molecule has 1 aliphatic heterocycles. The fourth-order valence-corrected chi connectivity index (χ4v) is 4.24. The molecule has 1 aromatic carbocycles. The van der Waals surface area contributed by atoms with Crippen molar-refractivity contribution >= 4 is 0 Å². The van der Waals surface area contributed by atoms with Crippen molar-refractivity contribution in [3.63, 3.8) is 0 Å². The molecule has 2 fully saturated rings. The summed E-state index contributed by atoms with van der Waals surface area (Å²) in [5.41, 5.74) is 0.570. The normalized spacial score (nSPS) is 26.6. The Morgan fingerprint density at radius 2 is 1.88 bits per heavy atom. The summed E-state index contributed by atoms with van der Waals surface area (Å²) in [6, 6.07) is 9.73. The van der Waals surface area contributed by atoms with Crippen molar-refractivity contribution in [2.75, 3.05) is 19.6 Å². The van der Waals surface area contributed by atoms with Gasteiger partial charge in [0.1, 0.15) is 11.9 Å². The third-order valence-corrected chi connectivity index (χ3v) is 5.46. The van der Waals surface area contributed by atoms with Crippen LogP contribution in [0.25, 0.3) is 0 Å². The lowest BCUT2D eigenvalue weighted by Gasteiger charge is -2.22. The Balaban J connectivity index is 1.29. The number of halogens is 1. The van der Waals surface area contributed by atoms with Gasteiger partial charge in [-0.3, -0.25) is 9.88 Å². The van der Waals surface area contributed by atoms with Crippen LogP contribution in [-0.2, 0) is 0 Å². The number of likely N-dealkylation sites (tertiary alicyclic amines) is 1. The first-order valence-corrected chi connectivity index (χ1v) is 9.05. The number of fused-ring (bicyclic) bond motifs is 1. The molecule has 0 bridgehead atoms. The maximum absolute atomic E-state index is 13.7. The van der Waals surface area contributed by atoms with Crippen LogP contribution in [0.3, 0.4) is 0 Å². The van der Waals surface area contributed by atoms with Crippen molar-refractivity contribution in [1.29, 1.82) is 0 Å². The molecular formula is C20H23FN2O3. The van der Waals surface area contributed by atoms with Crippen LogP contribution in [0, 0.1) is 17.7 Å². The molecule has 1 saturated heterocycles. The molecule has 138 valence electrons. The van der Waals surface area contributed by atoms with E-state index in [1.54, 1.807) is 24.3 Å². The van der Waals surface area contributed by atoms with Crippen LogP contribution >= 0.6 is 0 Å². The standard InChI is InChI=1S/C20H23FN2O3/c21-17-3-1-2-4-20(17)26-16-7-13-10-23(11-14(13)8-16)12-19(25)18-6-5-15(24)9-22-18/h1-6,9,13-14,16,19,24-25H,7-8,10-12H2/t13-,14+,16?,19-/m0/s1. The Hall–Kier alpha value is -2.18. The smallest absolute Gasteiger partial charge is 0.165 e. The molecule has 5 nitrogen and oxygen atoms in total. The van der Waals surface area contributed by atoms with Gasteiger partial charge in [0.25, 0.3) is 0 Å². The topological polar surface area (TPSA) is 65.8 Å². The summed E-state index contributed by atoms with van der Waals surface area (Å²) in [7, 11) is 0. The zero-order chi connectivity index (χ0) is 18.1. The number of aliphatic hydroxyl groups is 1. The molecule has 0 amide bonds. The first-order chi connectivity index (χ1) is 12.6. The molecule has 1 aliphatic carbocycles. The number of nitrogens with zero attached hydrogens (tertiary/aromatic N) is 2. The van der Waals surface area contributed by atoms with Crippen LogP contribution in [0.4, 0.5) is 4.39 Å². The van der Waals surface area contributed by atoms with Gasteiger partial charge in [-0.05, 0) is 48.9 Å². The van der Waals surface area contributed by atoms with Crippen molar-refractivity contribution in [1.82, 2.24) is 9.88 Å². The van der Waals surface area contributed by atoms with E-state index in [0.717, 1.165) is 25.9 Å². The third kappa shape index (κ3) is 3.66. The van der Waals surface area contributed by atoms with Crippen molar-refractivity contribution in [2.45, 2.75) is 25.0 Å². The minimum Gasteiger partial charge on any atom is -0.506 e. The fraction of sp³-hybridized carbons (Fsp3) is 0.450. The zero-order valence-electron chi connectivity index (χ0n) is 14.5. The SMILES string of the molecule is Oc1ccc([C@@H](O)CN2C[C@H]3CC(Oc4ccccc4F)C[C@H]3C2)nc1. The summed E-state index contributed by atoms with van der Waals surface area (Å²) in [5.74, 6) is 1.16. The van der Waals surface area contributed by atoms with E-state index in [1.165, 1.54) is 18.3 Å². The molecule has 4 atom stereocenters. The van der Waals surface area contributed by atoms with Crippen molar-refractivity contribution in [3.05, 3.63) is 54.1 Å². The van der Waals surface area contributed by atoms with Gasteiger partial charge in [0, 0.05) is 19.6 Å². The summed E-state index contributed by atoms with van der Waals surface area (Å²) in [6.07, 6.45) is 2.58. The minimum absolute atomic E-state index is 0.0627. The molecule has 6 heteroatoms. The maximum atomic E-state index is 13.7. The van der Waals surface area contributed by atoms with Gasteiger partial charge in [0.05, 0.1) is 18.0 Å². The van der Waals surface area contributed by atoms with E-state index in [2.05, 4.69) is 9.88 Å². The van der Waals surface area contributed by atoms with E-state index in [0.29, 0.717) is 29.8 Å². The van der Waals surface area contributed by atoms with E-state index >= 15 is 0 Å². The third-order valence-electron chi connectivity index (χ3n) is 5.46. The molecule has 26 heavy (non-hydrogen) atoms. The Kier molecular flexibility index (Phi) is 4.78. The van der Waals surface area contributed by atoms with E-state index in [9.17, 15) is 14.6 Å². The van der Waals surface area contributed by atoms with Gasteiger partial charge in [0.15, 0.2) is 11.6 Å². The molecule has 0 radical (unpaired) electrons. The highest BCUT2D eigenvalue weighted by atomic mass is 19.1. The number of hydrogen-bond acceptors (Lipinski definition) is 5. The maximum Gasteiger partial charge on any atom is 0.165 e. The van der Waals surface area contributed by atoms with E-state index in [4.69, 9.17) is 4.74 Å². The molecule has 2 heterocycles. The van der Waals surface area contributed by atoms with Crippen LogP contribution in [0.5, 0.6) is 11.5 Å². The van der Waals surface area contributed by atoms with Crippen LogP contribution in [0.2, 0.25) is 0 Å². The number of aliphatic hydroxyl groups excluding tert-OH is 1. The Labute approximate surface area is 152 Å². The summed E-state index contributed by atoms with van der Waals surface area (Å²) in [4.78, 5) is 6.34. The quantitative estimate of drug-likeness (QED) is 0.860. The van der Waals surface area contributed by atoms with E-state index in [-0.39, 0.29) is 17.7 Å². The van der Waals surface area contributed by atoms with Crippen LogP contribution in [-0.4, -0.2) is 45.8 Å². The average Bonchev–Trinajstić information content (AvgIpc) is 3.15. The number of benzene rings is 1. The number of hydrogen-bond donors (Lipinski definition) is 2. The molecular weight excluding hydrogens is 335 g/mol. The Bertz CT molecular complexity index is 741. The number of ether oxygens (including phenoxy) is 1. The lowest BCUT2D eigenvalue weighted by molar-refractivity contribution is 0.112. The molecule has 1 saturated carbocycles. The van der Waals surface area contributed by atoms with Gasteiger partial charge in [-0.15, -0.1) is 0 Å². The predicted octanol–water partition coefficient (Wildman–Crippen LogP) is 2.75. The number of para-hydroxylation sites is 1. The number of aromatic nitrogens is 1. The van der Waals surface area contributed by atoms with E-state index < -0.39 is 6.10 Å². The van der Waals surface area contributed by atoms with Crippen molar-refractivity contribution in [2.24, 2.45) is 11.8 Å². The second-order valence-electron chi connectivity index (χ2n) is 7.34. The van der Waals surface area contributed by atoms with Gasteiger partial charge in [-0.1, -0.05) is 12.1 Å². The molecule has 4 rings (SSSR count). The molecule has 2 N–H and O–H groups in total. The molecule has 2 aliphatic rings. The molecule has 0 spiro atoms. The highest BCUT2D eigenvalue weighted by Gasteiger charge is 2.42. The predicted molar refractivity (Wildman–Crippen MR) is 94.3 cm³/mol. The summed E-state index contributed by atoms with van der Waals surface area (Å²) in [6.45, 7) is 2.36. The van der Waals surface area contributed by atoms with Crippen LogP contribution < -0.4 is 4.74 Å². The summed E-state index contributed by atoms with van der Waals surface area (Å²) >= 11 is 0. The van der Waals surface area contributed by atoms with E-state index in [1.807, 2.05) is 0 Å². The second-order valence-corrected chi connectivity index (χ2v) is 7.34. The second kappa shape index (κ2) is 7.21. The molecule has 2 aromatic rings. The fourth-order valence-electron chi connectivity index (χ4n) is 4.24. The number of β-amino-alcohol motifs (C(OH)–C–C–N with tert-alkyl or cyclic N) is 1. The monoisotopic (exact) mass is 358 g/mol. The minimum atomic E-state index is -0.667. The molecule has 1 unspecified atom stereocenters. The van der Waals surface area contributed by atoms with Gasteiger partial charge in [-0.2, -0.15) is 0 Å². The average molecular weight is 358 g/mol. The van der Waals surface area contributed by atoms with Gasteiger partial charge >= 0.3 is 0 Å². The summed E-state index contributed by atoms with van der Waals surface area (Å²) < 4.78 is 19.6.